The van der Waals surface area contributed by atoms with Crippen LogP contribution >= 0.6 is 22.9 Å². The predicted molar refractivity (Wildman–Crippen MR) is 167 cm³/mol. The van der Waals surface area contributed by atoms with Gasteiger partial charge in [0.15, 0.2) is 5.69 Å². The maximum atomic E-state index is 13.7. The Hall–Kier alpha value is -4.30. The molecule has 210 valence electrons. The Morgan fingerprint density at radius 2 is 1.76 bits per heavy atom. The number of nitriles is 1. The molecule has 0 radical (unpaired) electrons. The van der Waals surface area contributed by atoms with Crippen molar-refractivity contribution >= 4 is 45.5 Å². The fourth-order valence-electron chi connectivity index (χ4n) is 4.95. The van der Waals surface area contributed by atoms with Crippen molar-refractivity contribution in [1.82, 2.24) is 19.7 Å². The smallest absolute Gasteiger partial charge is 0.274 e. The lowest BCUT2D eigenvalue weighted by Gasteiger charge is -2.35. The molecule has 1 atom stereocenters. The highest BCUT2D eigenvalue weighted by atomic mass is 35.5. The summed E-state index contributed by atoms with van der Waals surface area (Å²) in [6.07, 6.45) is 3.34. The standard InChI is InChI=1S/C31H25ClN6O2S2/c1-42(40)23-8-4-6-21(18-23)28-11-12-29(41-28)27-19-25(35-38(27)26-10-3-2-9-24(26)32)31(39)37-16-14-36(15-17-37)30-22(20-33)7-5-13-34-30/h2-13,18-19H,14-17H2,1H3. The van der Waals surface area contributed by atoms with Crippen LogP contribution in [0.1, 0.15) is 16.1 Å². The summed E-state index contributed by atoms with van der Waals surface area (Å²) in [5.41, 5.74) is 3.25. The number of hydrogen-bond acceptors (Lipinski definition) is 7. The number of amides is 1. The maximum Gasteiger partial charge on any atom is 0.274 e. The van der Waals surface area contributed by atoms with E-state index in [0.29, 0.717) is 54.0 Å². The third-order valence-electron chi connectivity index (χ3n) is 7.09. The Labute approximate surface area is 254 Å². The molecule has 1 saturated heterocycles. The zero-order valence-corrected chi connectivity index (χ0v) is 25.0. The van der Waals surface area contributed by atoms with Crippen LogP contribution in [0.2, 0.25) is 5.02 Å². The number of nitrogens with zero attached hydrogens (tertiary/aromatic N) is 6. The number of piperazine rings is 1. The first kappa shape index (κ1) is 27.8. The summed E-state index contributed by atoms with van der Waals surface area (Å²) >= 11 is 8.16. The number of anilines is 1. The van der Waals surface area contributed by atoms with E-state index in [0.717, 1.165) is 25.9 Å². The Kier molecular flexibility index (Phi) is 7.89. The monoisotopic (exact) mass is 612 g/mol. The van der Waals surface area contributed by atoms with Crippen LogP contribution in [0.15, 0.2) is 90.0 Å². The molecule has 1 aliphatic heterocycles. The zero-order chi connectivity index (χ0) is 29.2. The molecule has 6 rings (SSSR count). The number of carbonyl (C=O) groups is 1. The zero-order valence-electron chi connectivity index (χ0n) is 22.6. The molecule has 3 aromatic heterocycles. The fourth-order valence-corrected chi connectivity index (χ4v) is 6.73. The van der Waals surface area contributed by atoms with Crippen LogP contribution in [0, 0.1) is 11.3 Å². The summed E-state index contributed by atoms with van der Waals surface area (Å²) < 4.78 is 13.8. The van der Waals surface area contributed by atoms with Crippen LogP contribution in [-0.2, 0) is 10.8 Å². The second-order valence-corrected chi connectivity index (χ2v) is 12.6. The first-order valence-electron chi connectivity index (χ1n) is 13.2. The first-order chi connectivity index (χ1) is 20.4. The molecular weight excluding hydrogens is 588 g/mol. The van der Waals surface area contributed by atoms with Crippen molar-refractivity contribution in [2.45, 2.75) is 4.90 Å². The minimum atomic E-state index is -1.08. The summed E-state index contributed by atoms with van der Waals surface area (Å²) in [5.74, 6) is 0.472. The minimum absolute atomic E-state index is 0.168. The molecule has 5 aromatic rings. The number of aromatic nitrogens is 3. The van der Waals surface area contributed by atoms with Crippen LogP contribution < -0.4 is 4.90 Å². The molecule has 0 N–H and O–H groups in total. The SMILES string of the molecule is CS(=O)c1cccc(-c2ccc(-c3cc(C(=O)N4CCN(c5ncccc5C#N)CC4)nn3-c3ccccc3Cl)s2)c1. The molecule has 0 bridgehead atoms. The lowest BCUT2D eigenvalue weighted by Crippen LogP contribution is -2.49. The fraction of sp³-hybridized carbons (Fsp3) is 0.161. The van der Waals surface area contributed by atoms with Crippen molar-refractivity contribution in [1.29, 1.82) is 5.26 Å². The number of rotatable bonds is 6. The van der Waals surface area contributed by atoms with Gasteiger partial charge in [0.2, 0.25) is 0 Å². The molecule has 1 aliphatic rings. The molecule has 0 aliphatic carbocycles. The Balaban J connectivity index is 1.31. The largest absolute Gasteiger partial charge is 0.352 e. The van der Waals surface area contributed by atoms with E-state index in [-0.39, 0.29) is 5.91 Å². The number of halogens is 1. The molecule has 1 amide bonds. The first-order valence-corrected chi connectivity index (χ1v) is 16.0. The number of pyridine rings is 1. The molecule has 8 nitrogen and oxygen atoms in total. The number of benzene rings is 2. The van der Waals surface area contributed by atoms with Crippen molar-refractivity contribution < 1.29 is 9.00 Å². The molecule has 1 fully saturated rings. The van der Waals surface area contributed by atoms with Crippen LogP contribution in [0.4, 0.5) is 5.82 Å². The van der Waals surface area contributed by atoms with E-state index in [1.54, 1.807) is 51.6 Å². The molecule has 2 aromatic carbocycles. The van der Waals surface area contributed by atoms with Crippen molar-refractivity contribution in [2.75, 3.05) is 37.3 Å². The summed E-state index contributed by atoms with van der Waals surface area (Å²) in [6.45, 7) is 2.08. The van der Waals surface area contributed by atoms with Gasteiger partial charge in [0, 0.05) is 59.2 Å². The van der Waals surface area contributed by atoms with E-state index in [1.807, 2.05) is 65.6 Å². The van der Waals surface area contributed by atoms with Crippen molar-refractivity contribution in [3.05, 3.63) is 101 Å². The molecule has 11 heteroatoms. The highest BCUT2D eigenvalue weighted by Crippen LogP contribution is 2.37. The van der Waals surface area contributed by atoms with Crippen LogP contribution in [-0.4, -0.2) is 62.2 Å². The predicted octanol–water partition coefficient (Wildman–Crippen LogP) is 5.89. The van der Waals surface area contributed by atoms with E-state index >= 15 is 0 Å². The third kappa shape index (κ3) is 5.46. The molecular formula is C31H25ClN6O2S2. The average Bonchev–Trinajstić information content (AvgIpc) is 3.69. The van der Waals surface area contributed by atoms with Gasteiger partial charge in [-0.05, 0) is 60.2 Å². The number of para-hydroxylation sites is 1. The van der Waals surface area contributed by atoms with Gasteiger partial charge < -0.3 is 9.80 Å². The molecule has 4 heterocycles. The van der Waals surface area contributed by atoms with Gasteiger partial charge in [0.25, 0.3) is 5.91 Å². The number of thiophene rings is 1. The quantitative estimate of drug-likeness (QED) is 0.237. The number of hydrogen-bond donors (Lipinski definition) is 0. The van der Waals surface area contributed by atoms with Gasteiger partial charge in [0.1, 0.15) is 11.9 Å². The molecule has 42 heavy (non-hydrogen) atoms. The highest BCUT2D eigenvalue weighted by Gasteiger charge is 2.27. The van der Waals surface area contributed by atoms with Gasteiger partial charge in [-0.2, -0.15) is 10.4 Å². The summed E-state index contributed by atoms with van der Waals surface area (Å²) in [6, 6.07) is 26.7. The Morgan fingerprint density at radius 3 is 2.52 bits per heavy atom. The molecule has 1 unspecified atom stereocenters. The van der Waals surface area contributed by atoms with Crippen molar-refractivity contribution in [3.63, 3.8) is 0 Å². The second-order valence-electron chi connectivity index (χ2n) is 9.69. The van der Waals surface area contributed by atoms with Crippen LogP contribution in [0.5, 0.6) is 0 Å². The van der Waals surface area contributed by atoms with Gasteiger partial charge in [-0.15, -0.1) is 11.3 Å². The summed E-state index contributed by atoms with van der Waals surface area (Å²) in [7, 11) is -1.08. The second kappa shape index (κ2) is 11.9. The van der Waals surface area contributed by atoms with E-state index in [9.17, 15) is 14.3 Å². The van der Waals surface area contributed by atoms with Gasteiger partial charge in [-0.25, -0.2) is 9.67 Å². The minimum Gasteiger partial charge on any atom is -0.352 e. The third-order valence-corrected chi connectivity index (χ3v) is 9.49. The molecule has 0 spiro atoms. The van der Waals surface area contributed by atoms with Crippen LogP contribution in [0.25, 0.3) is 26.7 Å². The van der Waals surface area contributed by atoms with Gasteiger partial charge >= 0.3 is 0 Å². The lowest BCUT2D eigenvalue weighted by molar-refractivity contribution is 0.0740. The summed E-state index contributed by atoms with van der Waals surface area (Å²) in [4.78, 5) is 24.6. The maximum absolute atomic E-state index is 13.7. The molecule has 0 saturated carbocycles. The van der Waals surface area contributed by atoms with Crippen molar-refractivity contribution in [3.8, 4) is 32.8 Å². The highest BCUT2D eigenvalue weighted by molar-refractivity contribution is 7.84. The van der Waals surface area contributed by atoms with Gasteiger partial charge in [0.05, 0.1) is 26.8 Å². The van der Waals surface area contributed by atoms with Crippen LogP contribution in [0.3, 0.4) is 0 Å². The Bertz CT molecular complexity index is 1850. The lowest BCUT2D eigenvalue weighted by atomic mass is 10.2. The normalized spacial score (nSPS) is 14.0. The van der Waals surface area contributed by atoms with E-state index in [4.69, 9.17) is 16.7 Å². The topological polar surface area (TPSA) is 95.1 Å². The van der Waals surface area contributed by atoms with Gasteiger partial charge in [-0.3, -0.25) is 9.00 Å². The average molecular weight is 613 g/mol. The Morgan fingerprint density at radius 1 is 0.976 bits per heavy atom. The van der Waals surface area contributed by atoms with Crippen molar-refractivity contribution in [2.24, 2.45) is 0 Å². The van der Waals surface area contributed by atoms with E-state index < -0.39 is 10.8 Å². The van der Waals surface area contributed by atoms with E-state index in [1.165, 1.54) is 0 Å². The number of carbonyl (C=O) groups excluding carboxylic acids is 1. The van der Waals surface area contributed by atoms with E-state index in [2.05, 4.69) is 11.1 Å². The van der Waals surface area contributed by atoms with Gasteiger partial charge in [-0.1, -0.05) is 35.9 Å². The summed E-state index contributed by atoms with van der Waals surface area (Å²) in [5, 5.41) is 14.7.